The summed E-state index contributed by atoms with van der Waals surface area (Å²) >= 11 is 1.78. The van der Waals surface area contributed by atoms with Crippen LogP contribution in [0.25, 0.3) is 0 Å². The Hall–Kier alpha value is -0.830. The largest absolute Gasteiger partial charge is 0.335 e. The van der Waals surface area contributed by atoms with Crippen molar-refractivity contribution in [1.82, 2.24) is 4.90 Å². The summed E-state index contributed by atoms with van der Waals surface area (Å²) in [6.07, 6.45) is 8.74. The number of carbonyl (C=O) groups is 1. The van der Waals surface area contributed by atoms with E-state index in [0.717, 1.165) is 23.3 Å². The van der Waals surface area contributed by atoms with Crippen LogP contribution in [0.1, 0.15) is 59.1 Å². The highest BCUT2D eigenvalue weighted by molar-refractivity contribution is 7.14. The Labute approximate surface area is 125 Å². The molecule has 4 rings (SSSR count). The Kier molecular flexibility index (Phi) is 3.13. The highest BCUT2D eigenvalue weighted by Crippen LogP contribution is 2.38. The van der Waals surface area contributed by atoms with Crippen LogP contribution in [0, 0.1) is 11.8 Å². The van der Waals surface area contributed by atoms with Gasteiger partial charge < -0.3 is 4.90 Å². The van der Waals surface area contributed by atoms with E-state index in [0.29, 0.717) is 11.9 Å². The van der Waals surface area contributed by atoms with Crippen LogP contribution < -0.4 is 0 Å². The lowest BCUT2D eigenvalue weighted by molar-refractivity contribution is 0.0739. The summed E-state index contributed by atoms with van der Waals surface area (Å²) in [7, 11) is 0. The first-order valence-electron chi connectivity index (χ1n) is 8.13. The van der Waals surface area contributed by atoms with E-state index in [-0.39, 0.29) is 0 Å². The van der Waals surface area contributed by atoms with Gasteiger partial charge in [0.25, 0.3) is 5.91 Å². The molecule has 1 amide bonds. The third-order valence-electron chi connectivity index (χ3n) is 4.94. The maximum absolute atomic E-state index is 12.8. The van der Waals surface area contributed by atoms with Crippen molar-refractivity contribution in [2.24, 2.45) is 11.8 Å². The lowest BCUT2D eigenvalue weighted by Gasteiger charge is -2.21. The first-order valence-corrected chi connectivity index (χ1v) is 8.95. The van der Waals surface area contributed by atoms with E-state index in [1.165, 1.54) is 55.4 Å². The van der Waals surface area contributed by atoms with Crippen LogP contribution in [0.2, 0.25) is 0 Å². The Morgan fingerprint density at radius 2 is 2.10 bits per heavy atom. The molecule has 0 aromatic carbocycles. The fourth-order valence-corrected chi connectivity index (χ4v) is 4.48. The summed E-state index contributed by atoms with van der Waals surface area (Å²) in [5, 5.41) is 0. The second-order valence-electron chi connectivity index (χ2n) is 7.04. The number of rotatable bonds is 4. The molecule has 1 atom stereocenters. The molecule has 20 heavy (non-hydrogen) atoms. The van der Waals surface area contributed by atoms with Crippen molar-refractivity contribution in [3.63, 3.8) is 0 Å². The van der Waals surface area contributed by atoms with E-state index in [1.807, 2.05) is 0 Å². The monoisotopic (exact) mass is 289 g/mol. The molecule has 1 heterocycles. The topological polar surface area (TPSA) is 20.3 Å². The second kappa shape index (κ2) is 4.87. The van der Waals surface area contributed by atoms with Gasteiger partial charge in [0.1, 0.15) is 0 Å². The lowest BCUT2D eigenvalue weighted by Crippen LogP contribution is -2.34. The summed E-state index contributed by atoms with van der Waals surface area (Å²) in [6.45, 7) is 3.34. The van der Waals surface area contributed by atoms with Gasteiger partial charge in [0.15, 0.2) is 0 Å². The zero-order chi connectivity index (χ0) is 13.7. The van der Waals surface area contributed by atoms with Gasteiger partial charge in [-0.3, -0.25) is 4.79 Å². The maximum Gasteiger partial charge on any atom is 0.264 e. The van der Waals surface area contributed by atoms with Gasteiger partial charge in [-0.25, -0.2) is 0 Å². The average Bonchev–Trinajstić information content (AvgIpc) is 3.32. The fraction of sp³-hybridized carbons (Fsp3) is 0.706. The van der Waals surface area contributed by atoms with Crippen LogP contribution in [-0.4, -0.2) is 23.4 Å². The first kappa shape index (κ1) is 12.9. The number of aryl methyl sites for hydroxylation is 1. The van der Waals surface area contributed by atoms with Gasteiger partial charge in [0.2, 0.25) is 0 Å². The van der Waals surface area contributed by atoms with Gasteiger partial charge in [-0.2, -0.15) is 0 Å². The van der Waals surface area contributed by atoms with Gasteiger partial charge >= 0.3 is 0 Å². The van der Waals surface area contributed by atoms with E-state index in [9.17, 15) is 4.79 Å². The van der Waals surface area contributed by atoms with E-state index < -0.39 is 0 Å². The summed E-state index contributed by atoms with van der Waals surface area (Å²) in [6, 6.07) is 2.77. The molecular formula is C17H23NOS. The van der Waals surface area contributed by atoms with Crippen LogP contribution in [-0.2, 0) is 12.8 Å². The second-order valence-corrected chi connectivity index (χ2v) is 8.18. The standard InChI is InChI=1S/C17H23NOS/c1-11-2-7-15-13(8-11)9-16(20-15)17(19)18(14-5-6-14)10-12-3-4-12/h9,11-12,14H,2-8,10H2,1H3. The minimum absolute atomic E-state index is 0.325. The molecule has 2 saturated carbocycles. The number of nitrogens with zero attached hydrogens (tertiary/aromatic N) is 1. The highest BCUT2D eigenvalue weighted by atomic mass is 32.1. The zero-order valence-electron chi connectivity index (χ0n) is 12.2. The van der Waals surface area contributed by atoms with E-state index >= 15 is 0 Å². The van der Waals surface area contributed by atoms with Crippen molar-refractivity contribution in [2.45, 2.75) is 57.9 Å². The van der Waals surface area contributed by atoms with Crippen molar-refractivity contribution in [3.8, 4) is 0 Å². The van der Waals surface area contributed by atoms with E-state index in [2.05, 4.69) is 17.9 Å². The van der Waals surface area contributed by atoms with Crippen molar-refractivity contribution in [2.75, 3.05) is 6.54 Å². The summed E-state index contributed by atoms with van der Waals surface area (Å²) in [5.74, 6) is 1.91. The van der Waals surface area contributed by atoms with Crippen LogP contribution in [0.3, 0.4) is 0 Å². The molecule has 0 N–H and O–H groups in total. The third-order valence-corrected chi connectivity index (χ3v) is 6.17. The minimum Gasteiger partial charge on any atom is -0.335 e. The molecule has 0 radical (unpaired) electrons. The summed E-state index contributed by atoms with van der Waals surface area (Å²) in [4.78, 5) is 17.5. The predicted molar refractivity (Wildman–Crippen MR) is 82.3 cm³/mol. The Bertz CT molecular complexity index is 527. The number of fused-ring (bicyclic) bond motifs is 1. The molecule has 0 saturated heterocycles. The SMILES string of the molecule is CC1CCc2sc(C(=O)N(CC3CC3)C3CC3)cc2C1. The Balaban J connectivity index is 1.54. The van der Waals surface area contributed by atoms with E-state index in [1.54, 1.807) is 11.3 Å². The first-order chi connectivity index (χ1) is 9.70. The molecule has 3 aliphatic carbocycles. The van der Waals surface area contributed by atoms with Gasteiger partial charge in [-0.1, -0.05) is 6.92 Å². The van der Waals surface area contributed by atoms with Gasteiger partial charge in [0, 0.05) is 17.5 Å². The molecule has 2 fully saturated rings. The van der Waals surface area contributed by atoms with Gasteiger partial charge in [0.05, 0.1) is 4.88 Å². The van der Waals surface area contributed by atoms with Crippen LogP contribution in [0.4, 0.5) is 0 Å². The fourth-order valence-electron chi connectivity index (χ4n) is 3.32. The molecule has 3 heteroatoms. The summed E-state index contributed by atoms with van der Waals surface area (Å²) in [5.41, 5.74) is 1.46. The van der Waals surface area contributed by atoms with Crippen molar-refractivity contribution in [1.29, 1.82) is 0 Å². The minimum atomic E-state index is 0.325. The number of hydrogen-bond acceptors (Lipinski definition) is 2. The number of thiophene rings is 1. The molecule has 0 aliphatic heterocycles. The predicted octanol–water partition coefficient (Wildman–Crippen LogP) is 3.89. The molecule has 0 bridgehead atoms. The quantitative estimate of drug-likeness (QED) is 0.823. The van der Waals surface area contributed by atoms with Gasteiger partial charge in [-0.05, 0) is 68.4 Å². The van der Waals surface area contributed by atoms with Crippen LogP contribution in [0.5, 0.6) is 0 Å². The molecule has 0 spiro atoms. The highest BCUT2D eigenvalue weighted by Gasteiger charge is 2.37. The van der Waals surface area contributed by atoms with Crippen LogP contribution in [0.15, 0.2) is 6.07 Å². The normalized spacial score (nSPS) is 25.4. The van der Waals surface area contributed by atoms with E-state index in [4.69, 9.17) is 0 Å². The van der Waals surface area contributed by atoms with Crippen molar-refractivity contribution < 1.29 is 4.79 Å². The van der Waals surface area contributed by atoms with Gasteiger partial charge in [-0.15, -0.1) is 11.3 Å². The molecular weight excluding hydrogens is 266 g/mol. The Morgan fingerprint density at radius 1 is 1.30 bits per heavy atom. The Morgan fingerprint density at radius 3 is 2.80 bits per heavy atom. The van der Waals surface area contributed by atoms with Crippen LogP contribution >= 0.6 is 11.3 Å². The lowest BCUT2D eigenvalue weighted by atomic mass is 9.90. The molecule has 3 aliphatic rings. The molecule has 108 valence electrons. The number of hydrogen-bond donors (Lipinski definition) is 0. The zero-order valence-corrected chi connectivity index (χ0v) is 13.0. The van der Waals surface area contributed by atoms with Crippen molar-refractivity contribution in [3.05, 3.63) is 21.4 Å². The molecule has 1 unspecified atom stereocenters. The average molecular weight is 289 g/mol. The molecule has 1 aromatic rings. The number of amides is 1. The third kappa shape index (κ3) is 2.52. The molecule has 1 aromatic heterocycles. The van der Waals surface area contributed by atoms with Crippen molar-refractivity contribution >= 4 is 17.2 Å². The summed E-state index contributed by atoms with van der Waals surface area (Å²) < 4.78 is 0. The number of carbonyl (C=O) groups excluding carboxylic acids is 1. The molecule has 2 nitrogen and oxygen atoms in total. The smallest absolute Gasteiger partial charge is 0.264 e. The maximum atomic E-state index is 12.8.